The van der Waals surface area contributed by atoms with Crippen molar-refractivity contribution < 1.29 is 0 Å². The van der Waals surface area contributed by atoms with Crippen LogP contribution in [0.25, 0.3) is 0 Å². The van der Waals surface area contributed by atoms with Crippen LogP contribution in [0, 0.1) is 11.3 Å². The molecular formula is C12H11ClN4. The molecule has 2 rings (SSSR count). The second-order valence-electron chi connectivity index (χ2n) is 3.64. The highest BCUT2D eigenvalue weighted by molar-refractivity contribution is 6.33. The van der Waals surface area contributed by atoms with Crippen LogP contribution in [0.2, 0.25) is 5.02 Å². The van der Waals surface area contributed by atoms with Crippen molar-refractivity contribution in [2.75, 3.05) is 5.32 Å². The van der Waals surface area contributed by atoms with Crippen LogP contribution in [0.3, 0.4) is 0 Å². The number of nitrogens with one attached hydrogen (secondary N) is 1. The summed E-state index contributed by atoms with van der Waals surface area (Å²) < 4.78 is 1.74. The molecule has 0 saturated heterocycles. The first-order valence-electron chi connectivity index (χ1n) is 5.11. The number of rotatable bonds is 3. The molecule has 0 spiro atoms. The summed E-state index contributed by atoms with van der Waals surface area (Å²) in [5, 5.41) is 16.8. The Kier molecular flexibility index (Phi) is 3.31. The Morgan fingerprint density at radius 3 is 2.94 bits per heavy atom. The number of aryl methyl sites for hydroxylation is 1. The first kappa shape index (κ1) is 11.5. The minimum atomic E-state index is 0.579. The average molecular weight is 247 g/mol. The van der Waals surface area contributed by atoms with Gasteiger partial charge in [-0.3, -0.25) is 4.68 Å². The third-order valence-electron chi connectivity index (χ3n) is 2.32. The highest BCUT2D eigenvalue weighted by Gasteiger charge is 2.03. The lowest BCUT2D eigenvalue weighted by atomic mass is 10.2. The monoisotopic (exact) mass is 246 g/mol. The summed E-state index contributed by atoms with van der Waals surface area (Å²) in [6, 6.07) is 9.13. The molecule has 0 aliphatic heterocycles. The van der Waals surface area contributed by atoms with Gasteiger partial charge in [0.2, 0.25) is 0 Å². The third kappa shape index (κ3) is 2.77. The van der Waals surface area contributed by atoms with Gasteiger partial charge >= 0.3 is 0 Å². The van der Waals surface area contributed by atoms with Crippen LogP contribution in [0.5, 0.6) is 0 Å². The number of nitriles is 1. The van der Waals surface area contributed by atoms with Crippen LogP contribution in [-0.4, -0.2) is 9.78 Å². The summed E-state index contributed by atoms with van der Waals surface area (Å²) in [4.78, 5) is 0. The zero-order chi connectivity index (χ0) is 12.3. The maximum absolute atomic E-state index is 8.80. The Morgan fingerprint density at radius 2 is 2.29 bits per heavy atom. The van der Waals surface area contributed by atoms with E-state index in [0.29, 0.717) is 17.1 Å². The summed E-state index contributed by atoms with van der Waals surface area (Å²) in [5.41, 5.74) is 2.25. The minimum absolute atomic E-state index is 0.579. The van der Waals surface area contributed by atoms with E-state index in [1.165, 1.54) is 0 Å². The molecule has 1 heterocycles. The van der Waals surface area contributed by atoms with Crippen LogP contribution in [0.4, 0.5) is 5.69 Å². The molecule has 0 aliphatic rings. The third-order valence-corrected chi connectivity index (χ3v) is 2.65. The van der Waals surface area contributed by atoms with Gasteiger partial charge in [0.05, 0.1) is 34.6 Å². The quantitative estimate of drug-likeness (QED) is 0.906. The van der Waals surface area contributed by atoms with E-state index in [-0.39, 0.29) is 0 Å². The van der Waals surface area contributed by atoms with Gasteiger partial charge in [0, 0.05) is 13.2 Å². The predicted molar refractivity (Wildman–Crippen MR) is 66.7 cm³/mol. The first-order valence-corrected chi connectivity index (χ1v) is 5.49. The molecule has 17 heavy (non-hydrogen) atoms. The Hall–Kier alpha value is -1.99. The Labute approximate surface area is 104 Å². The van der Waals surface area contributed by atoms with Crippen molar-refractivity contribution in [1.82, 2.24) is 9.78 Å². The highest BCUT2D eigenvalue weighted by Crippen LogP contribution is 2.23. The molecule has 1 aromatic carbocycles. The number of halogens is 1. The number of aromatic nitrogens is 2. The highest BCUT2D eigenvalue weighted by atomic mass is 35.5. The van der Waals surface area contributed by atoms with E-state index in [9.17, 15) is 0 Å². The number of hydrogen-bond acceptors (Lipinski definition) is 3. The molecule has 0 saturated carbocycles. The molecule has 0 fully saturated rings. The normalized spacial score (nSPS) is 9.94. The second-order valence-corrected chi connectivity index (χ2v) is 4.05. The molecule has 0 aliphatic carbocycles. The molecule has 0 radical (unpaired) electrons. The number of nitrogens with zero attached hydrogens (tertiary/aromatic N) is 3. The fraction of sp³-hybridized carbons (Fsp3) is 0.167. The van der Waals surface area contributed by atoms with Crippen molar-refractivity contribution in [2.45, 2.75) is 6.54 Å². The van der Waals surface area contributed by atoms with Crippen LogP contribution >= 0.6 is 11.6 Å². The molecule has 0 bridgehead atoms. The Morgan fingerprint density at radius 1 is 1.47 bits per heavy atom. The second kappa shape index (κ2) is 4.89. The van der Waals surface area contributed by atoms with Gasteiger partial charge in [-0.15, -0.1) is 0 Å². The van der Waals surface area contributed by atoms with Crippen molar-refractivity contribution in [3.8, 4) is 6.07 Å². The van der Waals surface area contributed by atoms with E-state index in [1.807, 2.05) is 19.3 Å². The van der Waals surface area contributed by atoms with Crippen molar-refractivity contribution in [3.05, 3.63) is 46.7 Å². The fourth-order valence-electron chi connectivity index (χ4n) is 1.47. The molecule has 4 nitrogen and oxygen atoms in total. The zero-order valence-corrected chi connectivity index (χ0v) is 10.1. The molecular weight excluding hydrogens is 236 g/mol. The molecule has 86 valence electrons. The zero-order valence-electron chi connectivity index (χ0n) is 9.31. The van der Waals surface area contributed by atoms with Gasteiger partial charge in [-0.25, -0.2) is 0 Å². The lowest BCUT2D eigenvalue weighted by Gasteiger charge is -2.06. The van der Waals surface area contributed by atoms with Gasteiger partial charge in [0.1, 0.15) is 0 Å². The van der Waals surface area contributed by atoms with Crippen LogP contribution < -0.4 is 5.32 Å². The van der Waals surface area contributed by atoms with Gasteiger partial charge in [-0.1, -0.05) is 11.6 Å². The maximum atomic E-state index is 8.80. The SMILES string of the molecule is Cn1ccc(CNc2cc(C#N)ccc2Cl)n1. The fourth-order valence-corrected chi connectivity index (χ4v) is 1.66. The van der Waals surface area contributed by atoms with E-state index in [2.05, 4.69) is 16.5 Å². The summed E-state index contributed by atoms with van der Waals surface area (Å²) in [5.74, 6) is 0. The maximum Gasteiger partial charge on any atom is 0.0992 e. The van der Waals surface area contributed by atoms with E-state index >= 15 is 0 Å². The number of benzene rings is 1. The van der Waals surface area contributed by atoms with Gasteiger partial charge in [-0.05, 0) is 24.3 Å². The smallest absolute Gasteiger partial charge is 0.0992 e. The van der Waals surface area contributed by atoms with Gasteiger partial charge in [-0.2, -0.15) is 10.4 Å². The number of anilines is 1. The lowest BCUT2D eigenvalue weighted by molar-refractivity contribution is 0.747. The molecule has 0 amide bonds. The molecule has 1 aromatic heterocycles. The molecule has 0 atom stereocenters. The summed E-state index contributed by atoms with van der Waals surface area (Å²) in [6.07, 6.45) is 1.88. The average Bonchev–Trinajstić information content (AvgIpc) is 2.74. The Bertz CT molecular complexity index is 568. The van der Waals surface area contributed by atoms with Crippen LogP contribution in [-0.2, 0) is 13.6 Å². The first-order chi connectivity index (χ1) is 8.19. The lowest BCUT2D eigenvalue weighted by Crippen LogP contribution is -2.01. The summed E-state index contributed by atoms with van der Waals surface area (Å²) in [7, 11) is 1.87. The minimum Gasteiger partial charge on any atom is -0.378 e. The molecule has 2 aromatic rings. The van der Waals surface area contributed by atoms with Crippen molar-refractivity contribution >= 4 is 17.3 Å². The van der Waals surface area contributed by atoms with Crippen LogP contribution in [0.1, 0.15) is 11.3 Å². The van der Waals surface area contributed by atoms with Crippen LogP contribution in [0.15, 0.2) is 30.5 Å². The van der Waals surface area contributed by atoms with Crippen molar-refractivity contribution in [3.63, 3.8) is 0 Å². The Balaban J connectivity index is 2.11. The van der Waals surface area contributed by atoms with E-state index in [0.717, 1.165) is 11.4 Å². The van der Waals surface area contributed by atoms with Gasteiger partial charge in [0.15, 0.2) is 0 Å². The van der Waals surface area contributed by atoms with E-state index in [4.69, 9.17) is 16.9 Å². The summed E-state index contributed by atoms with van der Waals surface area (Å²) >= 11 is 6.03. The largest absolute Gasteiger partial charge is 0.378 e. The van der Waals surface area contributed by atoms with Crippen molar-refractivity contribution in [2.24, 2.45) is 7.05 Å². The number of hydrogen-bond donors (Lipinski definition) is 1. The van der Waals surface area contributed by atoms with E-state index in [1.54, 1.807) is 22.9 Å². The van der Waals surface area contributed by atoms with Gasteiger partial charge in [0.25, 0.3) is 0 Å². The topological polar surface area (TPSA) is 53.6 Å². The van der Waals surface area contributed by atoms with E-state index < -0.39 is 0 Å². The van der Waals surface area contributed by atoms with Gasteiger partial charge < -0.3 is 5.32 Å². The molecule has 1 N–H and O–H groups in total. The standard InChI is InChI=1S/C12H11ClN4/c1-17-5-4-10(16-17)8-15-12-6-9(7-14)2-3-11(12)13/h2-6,15H,8H2,1H3. The van der Waals surface area contributed by atoms with Crippen molar-refractivity contribution in [1.29, 1.82) is 5.26 Å². The summed E-state index contributed by atoms with van der Waals surface area (Å²) in [6.45, 7) is 0.579. The predicted octanol–water partition coefficient (Wildman–Crippen LogP) is 2.56. The molecule has 5 heteroatoms. The molecule has 0 unspecified atom stereocenters.